The molecule has 0 atom stereocenters. The third kappa shape index (κ3) is 3.48. The SMILES string of the molecule is CN1CC2(CCN(Cc3ccc(F)cc3)CC2)c2nn(CC3CCC3)cc2C1=O. The summed E-state index contributed by atoms with van der Waals surface area (Å²) >= 11 is 0. The fourth-order valence-electron chi connectivity index (χ4n) is 5.19. The van der Waals surface area contributed by atoms with E-state index in [0.717, 1.165) is 68.3 Å². The van der Waals surface area contributed by atoms with Crippen LogP contribution in [0.5, 0.6) is 0 Å². The highest BCUT2D eigenvalue weighted by Crippen LogP contribution is 2.41. The van der Waals surface area contributed by atoms with Crippen LogP contribution in [0, 0.1) is 11.7 Å². The van der Waals surface area contributed by atoms with Gasteiger partial charge in [0.15, 0.2) is 0 Å². The number of likely N-dealkylation sites (tertiary alicyclic amines) is 1. The molecule has 0 bridgehead atoms. The normalized spacial score (nSPS) is 22.0. The van der Waals surface area contributed by atoms with Crippen molar-refractivity contribution in [2.45, 2.75) is 50.6 Å². The Hall–Kier alpha value is -2.21. The van der Waals surface area contributed by atoms with Crippen LogP contribution in [0.4, 0.5) is 4.39 Å². The van der Waals surface area contributed by atoms with Crippen molar-refractivity contribution < 1.29 is 9.18 Å². The van der Waals surface area contributed by atoms with Gasteiger partial charge in [-0.25, -0.2) is 4.39 Å². The molecule has 29 heavy (non-hydrogen) atoms. The van der Waals surface area contributed by atoms with Gasteiger partial charge in [0, 0.05) is 38.3 Å². The van der Waals surface area contributed by atoms with Crippen molar-refractivity contribution >= 4 is 5.91 Å². The summed E-state index contributed by atoms with van der Waals surface area (Å²) in [5.41, 5.74) is 2.94. The van der Waals surface area contributed by atoms with Crippen LogP contribution in [0.25, 0.3) is 0 Å². The standard InChI is InChI=1S/C23H29FN4O/c1-26-16-23(9-11-27(12-10-23)13-18-5-7-19(24)8-6-18)21-20(22(26)29)15-28(25-21)14-17-3-2-4-17/h5-8,15,17H,2-4,9-14,16H2,1H3. The minimum atomic E-state index is -0.189. The molecule has 0 unspecified atom stereocenters. The number of amides is 1. The first-order valence-corrected chi connectivity index (χ1v) is 10.8. The van der Waals surface area contributed by atoms with Crippen LogP contribution in [0.3, 0.4) is 0 Å². The van der Waals surface area contributed by atoms with Crippen LogP contribution in [0.15, 0.2) is 30.5 Å². The molecule has 2 fully saturated rings. The Labute approximate surface area is 171 Å². The van der Waals surface area contributed by atoms with E-state index in [4.69, 9.17) is 5.10 Å². The average Bonchev–Trinajstić information content (AvgIpc) is 3.12. The molecule has 6 heteroatoms. The molecule has 1 saturated carbocycles. The van der Waals surface area contributed by atoms with Crippen molar-refractivity contribution in [3.05, 3.63) is 53.1 Å². The number of benzene rings is 1. The van der Waals surface area contributed by atoms with Crippen molar-refractivity contribution in [3.63, 3.8) is 0 Å². The summed E-state index contributed by atoms with van der Waals surface area (Å²) in [6.07, 6.45) is 7.88. The van der Waals surface area contributed by atoms with Crippen molar-refractivity contribution in [2.24, 2.45) is 5.92 Å². The lowest BCUT2D eigenvalue weighted by Gasteiger charge is -2.45. The Bertz CT molecular complexity index is 894. The quantitative estimate of drug-likeness (QED) is 0.795. The van der Waals surface area contributed by atoms with Crippen molar-refractivity contribution in [2.75, 3.05) is 26.7 Å². The number of aromatic nitrogens is 2. The number of rotatable bonds is 4. The average molecular weight is 397 g/mol. The highest BCUT2D eigenvalue weighted by Gasteiger charge is 2.46. The van der Waals surface area contributed by atoms with Crippen LogP contribution >= 0.6 is 0 Å². The number of nitrogens with zero attached hydrogens (tertiary/aromatic N) is 4. The number of likely N-dealkylation sites (N-methyl/N-ethyl adjacent to an activating group) is 1. The van der Waals surface area contributed by atoms with Crippen LogP contribution in [0.2, 0.25) is 0 Å². The van der Waals surface area contributed by atoms with E-state index in [1.165, 1.54) is 31.4 Å². The Morgan fingerprint density at radius 3 is 2.55 bits per heavy atom. The summed E-state index contributed by atoms with van der Waals surface area (Å²) in [5, 5.41) is 4.96. The molecule has 3 aliphatic rings. The fraction of sp³-hybridized carbons (Fsp3) is 0.565. The first kappa shape index (κ1) is 18.8. The van der Waals surface area contributed by atoms with Crippen molar-refractivity contribution in [1.29, 1.82) is 0 Å². The number of piperidine rings is 1. The van der Waals surface area contributed by atoms with Gasteiger partial charge < -0.3 is 4.90 Å². The highest BCUT2D eigenvalue weighted by molar-refractivity contribution is 5.96. The molecular formula is C23H29FN4O. The van der Waals surface area contributed by atoms with E-state index in [1.54, 1.807) is 0 Å². The maximum absolute atomic E-state index is 13.2. The predicted molar refractivity (Wildman–Crippen MR) is 109 cm³/mol. The molecule has 3 heterocycles. The Balaban J connectivity index is 1.33. The first-order chi connectivity index (χ1) is 14.0. The lowest BCUT2D eigenvalue weighted by atomic mass is 9.72. The second-order valence-electron chi connectivity index (χ2n) is 9.25. The lowest BCUT2D eigenvalue weighted by molar-refractivity contribution is 0.0628. The van der Waals surface area contributed by atoms with Crippen LogP contribution in [-0.2, 0) is 18.5 Å². The van der Waals surface area contributed by atoms with Gasteiger partial charge >= 0.3 is 0 Å². The van der Waals surface area contributed by atoms with Gasteiger partial charge in [0.1, 0.15) is 5.82 Å². The molecule has 0 radical (unpaired) electrons. The smallest absolute Gasteiger partial charge is 0.257 e. The molecule has 5 rings (SSSR count). The van der Waals surface area contributed by atoms with E-state index in [1.807, 2.05) is 35.0 Å². The number of halogens is 1. The van der Waals surface area contributed by atoms with Gasteiger partial charge in [-0.15, -0.1) is 0 Å². The molecule has 1 aromatic carbocycles. The lowest BCUT2D eigenvalue weighted by Crippen LogP contribution is -2.53. The maximum atomic E-state index is 13.2. The van der Waals surface area contributed by atoms with E-state index in [0.29, 0.717) is 0 Å². The molecule has 2 aliphatic heterocycles. The molecule has 1 amide bonds. The molecule has 1 saturated heterocycles. The van der Waals surface area contributed by atoms with Crippen molar-refractivity contribution in [3.8, 4) is 0 Å². The monoisotopic (exact) mass is 396 g/mol. The molecule has 154 valence electrons. The fourth-order valence-corrected chi connectivity index (χ4v) is 5.19. The molecular weight excluding hydrogens is 367 g/mol. The minimum absolute atomic E-state index is 0.0395. The number of hydrogen-bond donors (Lipinski definition) is 0. The molecule has 0 N–H and O–H groups in total. The zero-order valence-electron chi connectivity index (χ0n) is 17.1. The summed E-state index contributed by atoms with van der Waals surface area (Å²) in [5.74, 6) is 0.642. The third-order valence-corrected chi connectivity index (χ3v) is 7.18. The van der Waals surface area contributed by atoms with Gasteiger partial charge in [-0.3, -0.25) is 14.4 Å². The van der Waals surface area contributed by atoms with E-state index >= 15 is 0 Å². The maximum Gasteiger partial charge on any atom is 0.257 e. The van der Waals surface area contributed by atoms with Crippen LogP contribution in [0.1, 0.15) is 53.7 Å². The Morgan fingerprint density at radius 2 is 1.90 bits per heavy atom. The highest BCUT2D eigenvalue weighted by atomic mass is 19.1. The predicted octanol–water partition coefficient (Wildman–Crippen LogP) is 3.44. The number of carbonyl (C=O) groups is 1. The third-order valence-electron chi connectivity index (χ3n) is 7.18. The number of carbonyl (C=O) groups excluding carboxylic acids is 1. The van der Waals surface area contributed by atoms with Gasteiger partial charge in [0.05, 0.1) is 11.3 Å². The van der Waals surface area contributed by atoms with Gasteiger partial charge in [0.2, 0.25) is 0 Å². The molecule has 1 aliphatic carbocycles. The summed E-state index contributed by atoms with van der Waals surface area (Å²) in [6, 6.07) is 6.80. The Morgan fingerprint density at radius 1 is 1.17 bits per heavy atom. The number of hydrogen-bond acceptors (Lipinski definition) is 3. The van der Waals surface area contributed by atoms with E-state index < -0.39 is 0 Å². The second-order valence-corrected chi connectivity index (χ2v) is 9.25. The topological polar surface area (TPSA) is 41.4 Å². The summed E-state index contributed by atoms with van der Waals surface area (Å²) < 4.78 is 15.2. The van der Waals surface area contributed by atoms with Crippen molar-refractivity contribution in [1.82, 2.24) is 19.6 Å². The number of fused-ring (bicyclic) bond motifs is 2. The molecule has 1 aromatic heterocycles. The molecule has 5 nitrogen and oxygen atoms in total. The zero-order valence-corrected chi connectivity index (χ0v) is 17.1. The second kappa shape index (κ2) is 7.24. The van der Waals surface area contributed by atoms with Gasteiger partial charge in [0.25, 0.3) is 5.91 Å². The Kier molecular flexibility index (Phi) is 4.69. The van der Waals surface area contributed by atoms with Crippen LogP contribution in [-0.4, -0.2) is 52.2 Å². The summed E-state index contributed by atoms with van der Waals surface area (Å²) in [7, 11) is 1.92. The van der Waals surface area contributed by atoms with Gasteiger partial charge in [-0.05, 0) is 62.4 Å². The van der Waals surface area contributed by atoms with Gasteiger partial charge in [-0.1, -0.05) is 18.6 Å². The minimum Gasteiger partial charge on any atom is -0.341 e. The summed E-state index contributed by atoms with van der Waals surface area (Å²) in [6.45, 7) is 4.47. The van der Waals surface area contributed by atoms with Gasteiger partial charge in [-0.2, -0.15) is 5.10 Å². The van der Waals surface area contributed by atoms with E-state index in [2.05, 4.69) is 4.90 Å². The summed E-state index contributed by atoms with van der Waals surface area (Å²) in [4.78, 5) is 17.1. The largest absolute Gasteiger partial charge is 0.341 e. The molecule has 1 spiro atoms. The van der Waals surface area contributed by atoms with Crippen LogP contribution < -0.4 is 0 Å². The first-order valence-electron chi connectivity index (χ1n) is 10.8. The zero-order chi connectivity index (χ0) is 20.0. The van der Waals surface area contributed by atoms with E-state index in [-0.39, 0.29) is 17.1 Å². The van der Waals surface area contributed by atoms with E-state index in [9.17, 15) is 9.18 Å². The molecule has 2 aromatic rings.